The van der Waals surface area contributed by atoms with Crippen molar-refractivity contribution in [3.05, 3.63) is 132 Å². The van der Waals surface area contributed by atoms with Gasteiger partial charge in [0, 0.05) is 34.5 Å². The number of hydrogen-bond donors (Lipinski definition) is 0. The van der Waals surface area contributed by atoms with Crippen molar-refractivity contribution >= 4 is 21.8 Å². The van der Waals surface area contributed by atoms with Gasteiger partial charge >= 0.3 is 21.1 Å². The summed E-state index contributed by atoms with van der Waals surface area (Å²) in [6, 6.07) is 35.7. The van der Waals surface area contributed by atoms with E-state index in [9.17, 15) is 4.39 Å². The van der Waals surface area contributed by atoms with E-state index < -0.39 is 0 Å². The minimum absolute atomic E-state index is 0. The number of aromatic nitrogens is 4. The zero-order valence-electron chi connectivity index (χ0n) is 25.3. The molecule has 4 aromatic carbocycles. The van der Waals surface area contributed by atoms with Crippen LogP contribution in [0.1, 0.15) is 36.7 Å². The summed E-state index contributed by atoms with van der Waals surface area (Å²) in [6.07, 6.45) is 5.04. The molecule has 0 aliphatic rings. The molecule has 0 N–H and O–H groups in total. The van der Waals surface area contributed by atoms with Crippen molar-refractivity contribution in [1.82, 2.24) is 19.3 Å². The van der Waals surface area contributed by atoms with Gasteiger partial charge in [0.05, 0.1) is 5.69 Å². The van der Waals surface area contributed by atoms with Crippen molar-refractivity contribution in [2.45, 2.75) is 40.0 Å². The number of hydrogen-bond acceptors (Lipinski definition) is 3. The minimum atomic E-state index is -0.285. The van der Waals surface area contributed by atoms with Crippen LogP contribution in [0.5, 0.6) is 11.5 Å². The third-order valence-corrected chi connectivity index (χ3v) is 8.02. The monoisotopic (exact) mass is 773 g/mol. The van der Waals surface area contributed by atoms with Gasteiger partial charge in [0.1, 0.15) is 11.6 Å². The number of ether oxygens (including phenoxy) is 1. The second-order valence-electron chi connectivity index (χ2n) is 11.0. The van der Waals surface area contributed by atoms with Crippen molar-refractivity contribution in [2.24, 2.45) is 0 Å². The molecule has 0 unspecified atom stereocenters. The molecule has 45 heavy (non-hydrogen) atoms. The third-order valence-electron chi connectivity index (χ3n) is 8.02. The summed E-state index contributed by atoms with van der Waals surface area (Å²) in [5.41, 5.74) is 7.85. The van der Waals surface area contributed by atoms with Crippen LogP contribution in [0.4, 0.5) is 4.39 Å². The number of unbranched alkanes of at least 4 members (excludes halogenated alkanes) is 1. The summed E-state index contributed by atoms with van der Waals surface area (Å²) < 4.78 is 24.7. The van der Waals surface area contributed by atoms with Gasteiger partial charge in [-0.25, -0.2) is 9.37 Å². The van der Waals surface area contributed by atoms with Gasteiger partial charge in [-0.15, -0.1) is 35.7 Å². The number of rotatable bonds is 8. The average molecular weight is 774 g/mol. The van der Waals surface area contributed by atoms with Crippen molar-refractivity contribution in [3.8, 4) is 34.1 Å². The predicted octanol–water partition coefficient (Wildman–Crippen LogP) is 9.52. The zero-order valence-corrected chi connectivity index (χ0v) is 27.5. The number of fused-ring (bicyclic) bond motifs is 3. The van der Waals surface area contributed by atoms with E-state index in [-0.39, 0.29) is 26.9 Å². The first-order valence-electron chi connectivity index (χ1n) is 14.9. The van der Waals surface area contributed by atoms with Crippen LogP contribution in [-0.2, 0) is 27.5 Å². The second kappa shape index (κ2) is 12.8. The Balaban J connectivity index is 0.00000357. The van der Waals surface area contributed by atoms with Crippen LogP contribution in [-0.4, -0.2) is 19.3 Å². The summed E-state index contributed by atoms with van der Waals surface area (Å²) in [5.74, 6) is 1.55. The standard InChI is InChI=1S/C38H31FN4O.Pt/c1-4-5-10-27-19-20-40-37(21-27)42-35-18-15-29(39)22-34(35)33-17-16-32(24-36(33)42)44-31-14-9-13-30(23-31)43-26(3)38(25(2)41-43)28-11-7-6-8-12-28;/h6-9,11-22H,4-5,10H2,1-3H3;/q-2;+2. The van der Waals surface area contributed by atoms with Gasteiger partial charge in [-0.3, -0.25) is 4.68 Å². The van der Waals surface area contributed by atoms with E-state index in [4.69, 9.17) is 14.8 Å². The summed E-state index contributed by atoms with van der Waals surface area (Å²) in [5, 5.41) is 6.51. The Bertz CT molecular complexity index is 2130. The van der Waals surface area contributed by atoms with E-state index in [2.05, 4.69) is 50.2 Å². The molecule has 0 atom stereocenters. The summed E-state index contributed by atoms with van der Waals surface area (Å²) in [6.45, 7) is 6.28. The first kappa shape index (κ1) is 30.5. The first-order valence-corrected chi connectivity index (χ1v) is 14.9. The molecule has 0 bridgehead atoms. The maximum absolute atomic E-state index is 14.4. The van der Waals surface area contributed by atoms with Crippen LogP contribution < -0.4 is 4.74 Å². The normalized spacial score (nSPS) is 11.2. The molecule has 5 nitrogen and oxygen atoms in total. The van der Waals surface area contributed by atoms with Crippen LogP contribution in [0.3, 0.4) is 0 Å². The topological polar surface area (TPSA) is 44.9 Å². The molecule has 3 aromatic heterocycles. The first-order chi connectivity index (χ1) is 21.5. The second-order valence-corrected chi connectivity index (χ2v) is 11.0. The fraction of sp³-hybridized carbons (Fsp3) is 0.158. The molecular weight excluding hydrogens is 743 g/mol. The maximum atomic E-state index is 14.4. The van der Waals surface area contributed by atoms with Crippen LogP contribution >= 0.6 is 0 Å². The Morgan fingerprint density at radius 2 is 1.67 bits per heavy atom. The quantitative estimate of drug-likeness (QED) is 0.145. The van der Waals surface area contributed by atoms with Gasteiger partial charge in [0.15, 0.2) is 0 Å². The summed E-state index contributed by atoms with van der Waals surface area (Å²) in [4.78, 5) is 4.70. The van der Waals surface area contributed by atoms with Crippen molar-refractivity contribution in [2.75, 3.05) is 0 Å². The molecule has 7 rings (SSSR count). The average Bonchev–Trinajstić information content (AvgIpc) is 3.52. The SMILES string of the molecule is CCCCc1ccnc(-n2c3[c-]c(Oc4[c-]c(-n5nc(C)c(-c6ccccc6)c5C)ccc4)ccc3c3cc(F)ccc32)c1.[Pt+2]. The van der Waals surface area contributed by atoms with Gasteiger partial charge in [-0.2, -0.15) is 17.2 Å². The Morgan fingerprint density at radius 3 is 2.49 bits per heavy atom. The molecule has 0 fully saturated rings. The zero-order chi connectivity index (χ0) is 30.2. The van der Waals surface area contributed by atoms with Gasteiger partial charge in [-0.1, -0.05) is 49.2 Å². The van der Waals surface area contributed by atoms with Crippen LogP contribution in [0, 0.1) is 31.8 Å². The minimum Gasteiger partial charge on any atom is -0.509 e. The van der Waals surface area contributed by atoms with E-state index in [1.54, 1.807) is 12.1 Å². The van der Waals surface area contributed by atoms with Gasteiger partial charge < -0.3 is 9.30 Å². The van der Waals surface area contributed by atoms with Gasteiger partial charge in [0.25, 0.3) is 0 Å². The molecule has 0 amide bonds. The number of nitrogens with zero attached hydrogens (tertiary/aromatic N) is 4. The van der Waals surface area contributed by atoms with E-state index in [0.29, 0.717) is 11.5 Å². The molecular formula is C38H31FN4OPt. The Hall–Kier alpha value is -4.54. The van der Waals surface area contributed by atoms with Crippen molar-refractivity contribution < 1.29 is 30.2 Å². The third kappa shape index (κ3) is 5.83. The molecule has 0 aliphatic heterocycles. The van der Waals surface area contributed by atoms with Crippen LogP contribution in [0.25, 0.3) is 44.4 Å². The molecule has 7 aromatic rings. The van der Waals surface area contributed by atoms with E-state index in [1.807, 2.05) is 70.9 Å². The molecule has 0 radical (unpaired) electrons. The Kier molecular flexibility index (Phi) is 8.69. The molecule has 0 spiro atoms. The number of benzene rings is 4. The number of aryl methyl sites for hydroxylation is 2. The van der Waals surface area contributed by atoms with Gasteiger partial charge in [-0.05, 0) is 79.2 Å². The van der Waals surface area contributed by atoms with E-state index in [1.165, 1.54) is 11.6 Å². The predicted molar refractivity (Wildman–Crippen MR) is 173 cm³/mol. The smallest absolute Gasteiger partial charge is 0.509 e. The fourth-order valence-corrected chi connectivity index (χ4v) is 5.95. The largest absolute Gasteiger partial charge is 2.00 e. The van der Waals surface area contributed by atoms with E-state index in [0.717, 1.165) is 75.1 Å². The van der Waals surface area contributed by atoms with Crippen molar-refractivity contribution in [1.29, 1.82) is 0 Å². The van der Waals surface area contributed by atoms with Crippen LogP contribution in [0.15, 0.2) is 97.2 Å². The molecule has 3 heterocycles. The number of halogens is 1. The molecule has 0 aliphatic carbocycles. The maximum Gasteiger partial charge on any atom is 2.00 e. The van der Waals surface area contributed by atoms with Crippen molar-refractivity contribution in [3.63, 3.8) is 0 Å². The molecule has 7 heteroatoms. The van der Waals surface area contributed by atoms with E-state index >= 15 is 0 Å². The fourth-order valence-electron chi connectivity index (χ4n) is 5.95. The Morgan fingerprint density at radius 1 is 0.844 bits per heavy atom. The Labute approximate surface area is 276 Å². The molecule has 0 saturated carbocycles. The van der Waals surface area contributed by atoms with Crippen LogP contribution in [0.2, 0.25) is 0 Å². The number of pyridine rings is 1. The van der Waals surface area contributed by atoms with Gasteiger partial charge in [0.2, 0.25) is 0 Å². The molecule has 0 saturated heterocycles. The molecule has 226 valence electrons. The summed E-state index contributed by atoms with van der Waals surface area (Å²) >= 11 is 0. The summed E-state index contributed by atoms with van der Waals surface area (Å²) in [7, 11) is 0.